The van der Waals surface area contributed by atoms with Gasteiger partial charge in [0.1, 0.15) is 12.1 Å². The summed E-state index contributed by atoms with van der Waals surface area (Å²) in [7, 11) is 1.99. The first-order chi connectivity index (χ1) is 10.2. The lowest BCUT2D eigenvalue weighted by atomic mass is 10.1. The van der Waals surface area contributed by atoms with E-state index in [-0.39, 0.29) is 0 Å². The summed E-state index contributed by atoms with van der Waals surface area (Å²) in [4.78, 5) is 10.7. The van der Waals surface area contributed by atoms with Crippen molar-refractivity contribution in [3.63, 3.8) is 0 Å². The van der Waals surface area contributed by atoms with Crippen molar-refractivity contribution in [3.05, 3.63) is 36.0 Å². The smallest absolute Gasteiger partial charge is 0.129 e. The zero-order chi connectivity index (χ0) is 14.7. The quantitative estimate of drug-likeness (QED) is 0.925. The predicted molar refractivity (Wildman–Crippen MR) is 81.9 cm³/mol. The fourth-order valence-electron chi connectivity index (χ4n) is 2.84. The van der Waals surface area contributed by atoms with Crippen LogP contribution in [-0.4, -0.2) is 43.8 Å². The monoisotopic (exact) mass is 286 g/mol. The summed E-state index contributed by atoms with van der Waals surface area (Å²) in [6.07, 6.45) is 5.74. The van der Waals surface area contributed by atoms with E-state index in [4.69, 9.17) is 0 Å². The first kappa shape index (κ1) is 14.0. The van der Waals surface area contributed by atoms with Gasteiger partial charge in [0.25, 0.3) is 0 Å². The standard InChI is InChI=1S/C15H22N6/c1-12-8-14(19-20(12)2)10-21-7-3-4-13(9-21)18-15-5-6-16-11-17-15/h5-6,8,11,13H,3-4,7,9-10H2,1-2H3,(H,16,17,18). The summed E-state index contributed by atoms with van der Waals surface area (Å²) in [6.45, 7) is 5.17. The van der Waals surface area contributed by atoms with Crippen molar-refractivity contribution in [3.8, 4) is 0 Å². The second-order valence-corrected chi connectivity index (χ2v) is 5.71. The van der Waals surface area contributed by atoms with Crippen LogP contribution in [0.2, 0.25) is 0 Å². The Morgan fingerprint density at radius 3 is 3.05 bits per heavy atom. The van der Waals surface area contributed by atoms with Crippen LogP contribution in [-0.2, 0) is 13.6 Å². The van der Waals surface area contributed by atoms with Crippen LogP contribution in [0.25, 0.3) is 0 Å². The van der Waals surface area contributed by atoms with Crippen LogP contribution in [0.1, 0.15) is 24.2 Å². The van der Waals surface area contributed by atoms with E-state index in [1.54, 1.807) is 12.5 Å². The van der Waals surface area contributed by atoms with E-state index < -0.39 is 0 Å². The molecule has 1 aliphatic heterocycles. The van der Waals surface area contributed by atoms with Crippen molar-refractivity contribution >= 4 is 5.82 Å². The second kappa shape index (κ2) is 6.22. The number of rotatable bonds is 4. The molecular formula is C15H22N6. The van der Waals surface area contributed by atoms with Gasteiger partial charge in [0.2, 0.25) is 0 Å². The minimum atomic E-state index is 0.443. The first-order valence-corrected chi connectivity index (χ1v) is 7.45. The number of anilines is 1. The number of aromatic nitrogens is 4. The molecule has 6 nitrogen and oxygen atoms in total. The maximum Gasteiger partial charge on any atom is 0.129 e. The highest BCUT2D eigenvalue weighted by Crippen LogP contribution is 2.16. The number of nitrogens with zero attached hydrogens (tertiary/aromatic N) is 5. The molecule has 2 aromatic heterocycles. The molecule has 0 bridgehead atoms. The molecular weight excluding hydrogens is 264 g/mol. The largest absolute Gasteiger partial charge is 0.366 e. The molecule has 0 saturated carbocycles. The number of hydrogen-bond acceptors (Lipinski definition) is 5. The van der Waals surface area contributed by atoms with Gasteiger partial charge in [-0.15, -0.1) is 0 Å². The van der Waals surface area contributed by atoms with Crippen LogP contribution >= 0.6 is 0 Å². The van der Waals surface area contributed by atoms with Crippen molar-refractivity contribution in [2.75, 3.05) is 18.4 Å². The van der Waals surface area contributed by atoms with Gasteiger partial charge in [0.05, 0.1) is 5.69 Å². The Morgan fingerprint density at radius 1 is 1.43 bits per heavy atom. The van der Waals surface area contributed by atoms with E-state index in [0.717, 1.165) is 31.1 Å². The maximum absolute atomic E-state index is 4.55. The molecule has 0 aliphatic carbocycles. The number of nitrogens with one attached hydrogen (secondary N) is 1. The maximum atomic E-state index is 4.55. The highest BCUT2D eigenvalue weighted by Gasteiger charge is 2.20. The molecule has 2 aromatic rings. The Kier molecular flexibility index (Phi) is 4.15. The van der Waals surface area contributed by atoms with Crippen LogP contribution in [0, 0.1) is 6.92 Å². The molecule has 1 atom stereocenters. The Labute approximate surface area is 125 Å². The lowest BCUT2D eigenvalue weighted by Crippen LogP contribution is -2.41. The summed E-state index contributed by atoms with van der Waals surface area (Å²) in [5.74, 6) is 0.908. The normalized spacial score (nSPS) is 19.6. The van der Waals surface area contributed by atoms with Gasteiger partial charge in [-0.1, -0.05) is 0 Å². The Balaban J connectivity index is 1.58. The molecule has 0 amide bonds. The van der Waals surface area contributed by atoms with Gasteiger partial charge in [-0.05, 0) is 38.4 Å². The van der Waals surface area contributed by atoms with Crippen LogP contribution in [0.15, 0.2) is 24.7 Å². The lowest BCUT2D eigenvalue weighted by Gasteiger charge is -2.32. The molecule has 3 rings (SSSR count). The number of hydrogen-bond donors (Lipinski definition) is 1. The predicted octanol–water partition coefficient (Wildman–Crippen LogP) is 1.60. The van der Waals surface area contributed by atoms with Crippen LogP contribution in [0.5, 0.6) is 0 Å². The molecule has 0 aromatic carbocycles. The summed E-state index contributed by atoms with van der Waals surface area (Å²) in [5, 5.41) is 8.04. The SMILES string of the molecule is Cc1cc(CN2CCCC(Nc3ccncn3)C2)nn1C. The molecule has 3 heterocycles. The Hall–Kier alpha value is -1.95. The topological polar surface area (TPSA) is 58.9 Å². The molecule has 0 radical (unpaired) electrons. The summed E-state index contributed by atoms with van der Waals surface area (Å²) >= 11 is 0. The van der Waals surface area contributed by atoms with Gasteiger partial charge in [-0.2, -0.15) is 5.10 Å². The molecule has 21 heavy (non-hydrogen) atoms. The average Bonchev–Trinajstić information content (AvgIpc) is 2.78. The van der Waals surface area contributed by atoms with Crippen molar-refractivity contribution in [1.82, 2.24) is 24.6 Å². The fraction of sp³-hybridized carbons (Fsp3) is 0.533. The van der Waals surface area contributed by atoms with Crippen LogP contribution < -0.4 is 5.32 Å². The first-order valence-electron chi connectivity index (χ1n) is 7.45. The average molecular weight is 286 g/mol. The van der Waals surface area contributed by atoms with Gasteiger partial charge in [-0.25, -0.2) is 9.97 Å². The molecule has 112 valence electrons. The number of piperidine rings is 1. The van der Waals surface area contributed by atoms with Crippen LogP contribution in [0.4, 0.5) is 5.82 Å². The molecule has 1 aliphatic rings. The van der Waals surface area contributed by atoms with Crippen molar-refractivity contribution in [2.24, 2.45) is 7.05 Å². The summed E-state index contributed by atoms with van der Waals surface area (Å²) in [5.41, 5.74) is 2.36. The van der Waals surface area contributed by atoms with Gasteiger partial charge in [0, 0.05) is 38.1 Å². The second-order valence-electron chi connectivity index (χ2n) is 5.71. The summed E-state index contributed by atoms with van der Waals surface area (Å²) in [6, 6.07) is 4.53. The minimum absolute atomic E-state index is 0.443. The van der Waals surface area contributed by atoms with Crippen molar-refractivity contribution < 1.29 is 0 Å². The zero-order valence-electron chi connectivity index (χ0n) is 12.7. The van der Waals surface area contributed by atoms with E-state index >= 15 is 0 Å². The molecule has 1 unspecified atom stereocenters. The zero-order valence-corrected chi connectivity index (χ0v) is 12.7. The third kappa shape index (κ3) is 3.58. The third-order valence-electron chi connectivity index (χ3n) is 3.99. The lowest BCUT2D eigenvalue weighted by molar-refractivity contribution is 0.206. The van der Waals surface area contributed by atoms with E-state index in [9.17, 15) is 0 Å². The van der Waals surface area contributed by atoms with Gasteiger partial charge in [0.15, 0.2) is 0 Å². The fourth-order valence-corrected chi connectivity index (χ4v) is 2.84. The molecule has 6 heteroatoms. The third-order valence-corrected chi connectivity index (χ3v) is 3.99. The molecule has 1 N–H and O–H groups in total. The van der Waals surface area contributed by atoms with E-state index in [1.165, 1.54) is 18.5 Å². The van der Waals surface area contributed by atoms with E-state index in [2.05, 4.69) is 38.3 Å². The molecule has 0 spiro atoms. The van der Waals surface area contributed by atoms with E-state index in [0.29, 0.717) is 6.04 Å². The van der Waals surface area contributed by atoms with Crippen LogP contribution in [0.3, 0.4) is 0 Å². The number of aryl methyl sites for hydroxylation is 2. The Morgan fingerprint density at radius 2 is 2.33 bits per heavy atom. The summed E-state index contributed by atoms with van der Waals surface area (Å²) < 4.78 is 1.94. The van der Waals surface area contributed by atoms with Gasteiger partial charge < -0.3 is 5.32 Å². The number of likely N-dealkylation sites (tertiary alicyclic amines) is 1. The van der Waals surface area contributed by atoms with Crippen molar-refractivity contribution in [2.45, 2.75) is 32.4 Å². The highest BCUT2D eigenvalue weighted by molar-refractivity contribution is 5.33. The van der Waals surface area contributed by atoms with E-state index in [1.807, 2.05) is 17.8 Å². The molecule has 1 saturated heterocycles. The minimum Gasteiger partial charge on any atom is -0.366 e. The van der Waals surface area contributed by atoms with Crippen molar-refractivity contribution in [1.29, 1.82) is 0 Å². The van der Waals surface area contributed by atoms with Gasteiger partial charge in [-0.3, -0.25) is 9.58 Å². The van der Waals surface area contributed by atoms with Gasteiger partial charge >= 0.3 is 0 Å². The Bertz CT molecular complexity index is 560. The highest BCUT2D eigenvalue weighted by atomic mass is 15.3. The molecule has 1 fully saturated rings.